The maximum Gasteiger partial charge on any atom is 1.00 e. The summed E-state index contributed by atoms with van der Waals surface area (Å²) in [5, 5.41) is 0. The Morgan fingerprint density at radius 2 is 1.32 bits per heavy atom. The third-order valence-electron chi connectivity index (χ3n) is 3.33. The van der Waals surface area contributed by atoms with Crippen molar-refractivity contribution in [2.45, 2.75) is 5.92 Å². The molecule has 0 heterocycles. The molecule has 0 radical (unpaired) electrons. The molecule has 3 nitrogen and oxygen atoms in total. The third-order valence-corrected chi connectivity index (χ3v) is 4.07. The van der Waals surface area contributed by atoms with Crippen LogP contribution in [-0.2, 0) is 10.1 Å². The average Bonchev–Trinajstić information content (AvgIpc) is 2.64. The van der Waals surface area contributed by atoms with E-state index < -0.39 is 10.1 Å². The van der Waals surface area contributed by atoms with Gasteiger partial charge < -0.3 is 4.55 Å². The third kappa shape index (κ3) is 3.02. The normalized spacial score (nSPS) is 13.5. The molecule has 92 valence electrons. The van der Waals surface area contributed by atoms with Crippen LogP contribution < -0.4 is 51.4 Å². The number of fused-ring (bicyclic) bond motifs is 3. The quantitative estimate of drug-likeness (QED) is 0.547. The van der Waals surface area contributed by atoms with Gasteiger partial charge in [-0.3, -0.25) is 0 Å². The zero-order valence-electron chi connectivity index (χ0n) is 10.5. The van der Waals surface area contributed by atoms with E-state index in [0.717, 1.165) is 22.3 Å². The Hall–Kier alpha value is -0.0136. The Morgan fingerprint density at radius 1 is 0.895 bits per heavy atom. The van der Waals surface area contributed by atoms with Gasteiger partial charge in [-0.1, -0.05) is 48.5 Å². The summed E-state index contributed by atoms with van der Waals surface area (Å²) < 4.78 is 33.2. The molecule has 0 bridgehead atoms. The second-order valence-electron chi connectivity index (χ2n) is 4.45. The van der Waals surface area contributed by atoms with Crippen molar-refractivity contribution in [2.75, 3.05) is 5.75 Å². The summed E-state index contributed by atoms with van der Waals surface area (Å²) in [6.45, 7) is 0. The predicted octanol–water partition coefficient (Wildman–Crippen LogP) is -0.652. The van der Waals surface area contributed by atoms with Crippen LogP contribution in [0.4, 0.5) is 0 Å². The summed E-state index contributed by atoms with van der Waals surface area (Å²) in [6, 6.07) is 15.3. The fraction of sp³-hybridized carbons (Fsp3) is 0.143. The van der Waals surface area contributed by atoms with E-state index in [2.05, 4.69) is 0 Å². The van der Waals surface area contributed by atoms with Gasteiger partial charge >= 0.3 is 51.4 Å². The molecule has 0 fully saturated rings. The van der Waals surface area contributed by atoms with Gasteiger partial charge in [0.1, 0.15) is 0 Å². The van der Waals surface area contributed by atoms with Gasteiger partial charge in [-0.25, -0.2) is 8.42 Å². The van der Waals surface area contributed by atoms with Gasteiger partial charge in [-0.15, -0.1) is 0 Å². The van der Waals surface area contributed by atoms with Crippen LogP contribution in [0.15, 0.2) is 48.5 Å². The van der Waals surface area contributed by atoms with Gasteiger partial charge in [-0.05, 0) is 22.3 Å². The molecule has 2 aromatic rings. The van der Waals surface area contributed by atoms with Crippen LogP contribution in [0.5, 0.6) is 0 Å². The summed E-state index contributed by atoms with van der Waals surface area (Å²) in [6.07, 6.45) is 0. The van der Waals surface area contributed by atoms with Crippen molar-refractivity contribution in [2.24, 2.45) is 0 Å². The standard InChI is InChI=1S/C14H12O3S.K/c15-18(16,17)9-14-12-7-3-1-5-10(12)11-6-2-4-8-13(11)14;/h1-8,14H,9H2,(H,15,16,17);/q;+1/p-1. The molecule has 5 heteroatoms. The first-order chi connectivity index (χ1) is 8.56. The van der Waals surface area contributed by atoms with Crippen LogP contribution in [0.2, 0.25) is 0 Å². The van der Waals surface area contributed by atoms with Crippen molar-refractivity contribution < 1.29 is 64.4 Å². The van der Waals surface area contributed by atoms with Crippen LogP contribution in [0.1, 0.15) is 17.0 Å². The van der Waals surface area contributed by atoms with Gasteiger partial charge in [0, 0.05) is 11.7 Å². The Balaban J connectivity index is 0.00000133. The van der Waals surface area contributed by atoms with E-state index in [0.29, 0.717) is 0 Å². The summed E-state index contributed by atoms with van der Waals surface area (Å²) >= 11 is 0. The largest absolute Gasteiger partial charge is 1.00 e. The van der Waals surface area contributed by atoms with Gasteiger partial charge in [0.15, 0.2) is 0 Å². The number of hydrogen-bond donors (Lipinski definition) is 0. The van der Waals surface area contributed by atoms with Crippen molar-refractivity contribution >= 4 is 10.1 Å². The number of rotatable bonds is 2. The zero-order chi connectivity index (χ0) is 12.8. The maximum absolute atomic E-state index is 11.1. The fourth-order valence-corrected chi connectivity index (χ4v) is 3.41. The van der Waals surface area contributed by atoms with E-state index in [-0.39, 0.29) is 63.1 Å². The Bertz CT molecular complexity index is 665. The van der Waals surface area contributed by atoms with Crippen molar-refractivity contribution in [1.29, 1.82) is 0 Å². The Morgan fingerprint density at radius 3 is 1.74 bits per heavy atom. The van der Waals surface area contributed by atoms with Crippen LogP contribution in [0.25, 0.3) is 11.1 Å². The van der Waals surface area contributed by atoms with Gasteiger partial charge in [0.2, 0.25) is 0 Å². The van der Waals surface area contributed by atoms with Gasteiger partial charge in [-0.2, -0.15) is 0 Å². The minimum Gasteiger partial charge on any atom is -0.748 e. The Kier molecular flexibility index (Phi) is 4.67. The molecule has 2 aromatic carbocycles. The fourth-order valence-electron chi connectivity index (χ4n) is 2.64. The van der Waals surface area contributed by atoms with Crippen molar-refractivity contribution in [1.82, 2.24) is 0 Å². The van der Waals surface area contributed by atoms with E-state index in [9.17, 15) is 13.0 Å². The number of hydrogen-bond acceptors (Lipinski definition) is 3. The number of benzene rings is 2. The Labute approximate surface area is 155 Å². The second-order valence-corrected chi connectivity index (χ2v) is 5.90. The molecule has 1 aliphatic rings. The molecule has 19 heavy (non-hydrogen) atoms. The van der Waals surface area contributed by atoms with Crippen LogP contribution in [-0.4, -0.2) is 18.7 Å². The second kappa shape index (κ2) is 5.77. The van der Waals surface area contributed by atoms with Crippen LogP contribution in [0.3, 0.4) is 0 Å². The summed E-state index contributed by atoms with van der Waals surface area (Å²) in [7, 11) is -4.24. The minimum absolute atomic E-state index is 0. The molecule has 0 saturated heterocycles. The molecule has 0 atom stereocenters. The molecule has 0 aromatic heterocycles. The monoisotopic (exact) mass is 298 g/mol. The van der Waals surface area contributed by atoms with E-state index in [1.165, 1.54) is 0 Å². The van der Waals surface area contributed by atoms with Gasteiger partial charge in [0.05, 0.1) is 10.1 Å². The first kappa shape index (κ1) is 15.4. The average molecular weight is 298 g/mol. The zero-order valence-corrected chi connectivity index (χ0v) is 14.5. The van der Waals surface area contributed by atoms with Crippen molar-refractivity contribution in [3.63, 3.8) is 0 Å². The molecular weight excluding hydrogens is 287 g/mol. The molecule has 0 amide bonds. The molecule has 0 unspecified atom stereocenters. The molecule has 3 rings (SSSR count). The van der Waals surface area contributed by atoms with Gasteiger partial charge in [0.25, 0.3) is 0 Å². The van der Waals surface area contributed by atoms with E-state index >= 15 is 0 Å². The van der Waals surface area contributed by atoms with E-state index in [1.54, 1.807) is 0 Å². The van der Waals surface area contributed by atoms with Crippen molar-refractivity contribution in [3.05, 3.63) is 59.7 Å². The maximum atomic E-state index is 11.1. The molecule has 0 saturated carbocycles. The van der Waals surface area contributed by atoms with E-state index in [1.807, 2.05) is 48.5 Å². The summed E-state index contributed by atoms with van der Waals surface area (Å²) in [5.74, 6) is -0.707. The molecular formula is C14H11KO3S. The minimum atomic E-state index is -4.24. The first-order valence-corrected chi connectivity index (χ1v) is 7.26. The van der Waals surface area contributed by atoms with Crippen molar-refractivity contribution in [3.8, 4) is 11.1 Å². The van der Waals surface area contributed by atoms with Crippen LogP contribution in [0, 0.1) is 0 Å². The smallest absolute Gasteiger partial charge is 0.748 e. The molecule has 0 aliphatic heterocycles. The summed E-state index contributed by atoms with van der Waals surface area (Å²) in [4.78, 5) is 0. The first-order valence-electron chi connectivity index (χ1n) is 5.68. The predicted molar refractivity (Wildman–Crippen MR) is 68.3 cm³/mol. The van der Waals surface area contributed by atoms with E-state index in [4.69, 9.17) is 0 Å². The molecule has 1 aliphatic carbocycles. The summed E-state index contributed by atoms with van der Waals surface area (Å²) in [5.41, 5.74) is 3.92. The topological polar surface area (TPSA) is 57.2 Å². The molecule has 0 N–H and O–H groups in total. The SMILES string of the molecule is O=S(=O)([O-])CC1c2ccccc2-c2ccccc21.[K+]. The van der Waals surface area contributed by atoms with Crippen LogP contribution >= 0.6 is 0 Å². The molecule has 0 spiro atoms.